The number of hydrogen-bond acceptors (Lipinski definition) is 3. The van der Waals surface area contributed by atoms with E-state index >= 15 is 0 Å². The van der Waals surface area contributed by atoms with E-state index in [0.29, 0.717) is 12.8 Å². The Kier molecular flexibility index (Phi) is 3.16. The Labute approximate surface area is 92.4 Å². The fraction of sp³-hybridized carbons (Fsp3) is 1.00. The first kappa shape index (κ1) is 12.1. The van der Waals surface area contributed by atoms with Gasteiger partial charge in [0.05, 0.1) is 6.10 Å². The Balaban J connectivity index is 2.15. The number of nitrogens with zero attached hydrogens (tertiary/aromatic N) is 1. The molecule has 0 amide bonds. The van der Waals surface area contributed by atoms with Gasteiger partial charge in [0.15, 0.2) is 0 Å². The molecule has 0 spiro atoms. The summed E-state index contributed by atoms with van der Waals surface area (Å²) in [5, 5.41) is 9.53. The smallest absolute Gasteiger partial charge is 0.393 e. The highest BCUT2D eigenvalue weighted by Gasteiger charge is 2.51. The lowest BCUT2D eigenvalue weighted by Crippen LogP contribution is -2.58. The third kappa shape index (κ3) is 2.06. The molecule has 0 aromatic rings. The molecule has 0 aromatic carbocycles. The van der Waals surface area contributed by atoms with E-state index in [1.165, 1.54) is 4.90 Å². The molecule has 6 heteroatoms. The Morgan fingerprint density at radius 2 is 1.75 bits per heavy atom. The lowest BCUT2D eigenvalue weighted by atomic mass is 9.97. The molecular weight excluding hydrogens is 221 g/mol. The Bertz CT molecular complexity index is 245. The summed E-state index contributed by atoms with van der Waals surface area (Å²) in [5.41, 5.74) is 5.25. The average Bonchev–Trinajstić information content (AvgIpc) is 2.43. The van der Waals surface area contributed by atoms with Crippen LogP contribution in [0.5, 0.6) is 0 Å². The average molecular weight is 238 g/mol. The molecule has 0 radical (unpaired) electrons. The Morgan fingerprint density at radius 3 is 2.12 bits per heavy atom. The van der Waals surface area contributed by atoms with Crippen LogP contribution in [0.4, 0.5) is 13.2 Å². The van der Waals surface area contributed by atoms with Gasteiger partial charge < -0.3 is 10.8 Å². The van der Waals surface area contributed by atoms with Crippen molar-refractivity contribution < 1.29 is 18.3 Å². The molecule has 2 bridgehead atoms. The first-order valence-electron chi connectivity index (χ1n) is 5.65. The van der Waals surface area contributed by atoms with Crippen LogP contribution in [0, 0.1) is 0 Å². The molecule has 3 nitrogen and oxygen atoms in total. The van der Waals surface area contributed by atoms with Crippen LogP contribution in [0.1, 0.15) is 25.7 Å². The highest BCUT2D eigenvalue weighted by atomic mass is 19.4. The summed E-state index contributed by atoms with van der Waals surface area (Å²) in [5.74, 6) is 0. The molecule has 0 aromatic heterocycles. The van der Waals surface area contributed by atoms with Crippen molar-refractivity contribution in [2.75, 3.05) is 6.54 Å². The van der Waals surface area contributed by atoms with Gasteiger partial charge >= 0.3 is 6.18 Å². The summed E-state index contributed by atoms with van der Waals surface area (Å²) < 4.78 is 38.4. The monoisotopic (exact) mass is 238 g/mol. The van der Waals surface area contributed by atoms with Crippen molar-refractivity contribution in [3.8, 4) is 0 Å². The van der Waals surface area contributed by atoms with Gasteiger partial charge in [-0.3, -0.25) is 4.90 Å². The zero-order chi connectivity index (χ0) is 11.9. The molecule has 2 rings (SSSR count). The summed E-state index contributed by atoms with van der Waals surface area (Å²) in [4.78, 5) is 1.49. The van der Waals surface area contributed by atoms with Crippen molar-refractivity contribution >= 4 is 0 Å². The van der Waals surface area contributed by atoms with Gasteiger partial charge in [0, 0.05) is 18.6 Å². The predicted octanol–water partition coefficient (Wildman–Crippen LogP) is 0.864. The van der Waals surface area contributed by atoms with E-state index in [-0.39, 0.29) is 12.1 Å². The van der Waals surface area contributed by atoms with Crippen LogP contribution in [0.2, 0.25) is 0 Å². The van der Waals surface area contributed by atoms with Gasteiger partial charge in [0.1, 0.15) is 6.04 Å². The van der Waals surface area contributed by atoms with Gasteiger partial charge in [0.25, 0.3) is 0 Å². The Hall–Kier alpha value is -0.330. The topological polar surface area (TPSA) is 49.5 Å². The van der Waals surface area contributed by atoms with Gasteiger partial charge in [-0.15, -0.1) is 0 Å². The summed E-state index contributed by atoms with van der Waals surface area (Å²) in [6.45, 7) is -0.396. The highest BCUT2D eigenvalue weighted by Crippen LogP contribution is 2.40. The second-order valence-electron chi connectivity index (χ2n) is 4.75. The second kappa shape index (κ2) is 4.16. The van der Waals surface area contributed by atoms with E-state index in [0.717, 1.165) is 12.8 Å². The van der Waals surface area contributed by atoms with Crippen molar-refractivity contribution in [2.45, 2.75) is 56.1 Å². The standard InChI is InChI=1S/C10H17F3N2O/c11-10(12,13)9(5-14)15-6-1-2-7(15)4-8(16)3-6/h6-9,16H,1-5,14H2. The Morgan fingerprint density at radius 1 is 1.25 bits per heavy atom. The molecule has 0 saturated carbocycles. The number of nitrogens with two attached hydrogens (primary N) is 1. The zero-order valence-corrected chi connectivity index (χ0v) is 8.95. The summed E-state index contributed by atoms with van der Waals surface area (Å²) in [6, 6.07) is -1.84. The molecule has 2 aliphatic rings. The van der Waals surface area contributed by atoms with Gasteiger partial charge in [0.2, 0.25) is 0 Å². The molecule has 0 aliphatic carbocycles. The molecule has 94 valence electrons. The SMILES string of the molecule is NCC(N1C2CCC1CC(O)C2)C(F)(F)F. The lowest BCUT2D eigenvalue weighted by Gasteiger charge is -2.42. The minimum absolute atomic E-state index is 0.149. The third-order valence-electron chi connectivity index (χ3n) is 3.73. The number of hydrogen-bond donors (Lipinski definition) is 2. The van der Waals surface area contributed by atoms with Crippen molar-refractivity contribution in [1.82, 2.24) is 4.90 Å². The molecular formula is C10H17F3N2O. The molecule has 3 N–H and O–H groups in total. The number of alkyl halides is 3. The van der Waals surface area contributed by atoms with Crippen molar-refractivity contribution in [2.24, 2.45) is 5.73 Å². The minimum atomic E-state index is -4.27. The summed E-state index contributed by atoms with van der Waals surface area (Å²) in [7, 11) is 0. The van der Waals surface area contributed by atoms with Gasteiger partial charge in [-0.25, -0.2) is 0 Å². The van der Waals surface area contributed by atoms with Crippen LogP contribution in [0.25, 0.3) is 0 Å². The van der Waals surface area contributed by atoms with Crippen LogP contribution >= 0.6 is 0 Å². The fourth-order valence-electron chi connectivity index (χ4n) is 3.12. The van der Waals surface area contributed by atoms with E-state index in [4.69, 9.17) is 5.73 Å². The quantitative estimate of drug-likeness (QED) is 0.750. The van der Waals surface area contributed by atoms with E-state index < -0.39 is 24.9 Å². The normalized spacial score (nSPS) is 37.7. The maximum Gasteiger partial charge on any atom is 0.405 e. The first-order chi connectivity index (χ1) is 7.43. The number of rotatable bonds is 2. The van der Waals surface area contributed by atoms with Crippen LogP contribution in [0.3, 0.4) is 0 Å². The summed E-state index contributed by atoms with van der Waals surface area (Å²) in [6.07, 6.45) is -2.33. The van der Waals surface area contributed by atoms with Crippen LogP contribution < -0.4 is 5.73 Å². The molecule has 3 atom stereocenters. The zero-order valence-electron chi connectivity index (χ0n) is 8.95. The minimum Gasteiger partial charge on any atom is -0.393 e. The van der Waals surface area contributed by atoms with Crippen LogP contribution in [0.15, 0.2) is 0 Å². The number of aliphatic hydroxyl groups is 1. The summed E-state index contributed by atoms with van der Waals surface area (Å²) >= 11 is 0. The van der Waals surface area contributed by atoms with E-state index in [1.54, 1.807) is 0 Å². The maximum atomic E-state index is 12.8. The molecule has 2 fully saturated rings. The molecule has 2 heterocycles. The van der Waals surface area contributed by atoms with Crippen molar-refractivity contribution in [1.29, 1.82) is 0 Å². The van der Waals surface area contributed by atoms with E-state index in [1.807, 2.05) is 0 Å². The first-order valence-corrected chi connectivity index (χ1v) is 5.65. The molecule has 16 heavy (non-hydrogen) atoms. The number of halogens is 3. The predicted molar refractivity (Wildman–Crippen MR) is 52.8 cm³/mol. The van der Waals surface area contributed by atoms with Gasteiger partial charge in [-0.1, -0.05) is 0 Å². The van der Waals surface area contributed by atoms with E-state index in [9.17, 15) is 18.3 Å². The van der Waals surface area contributed by atoms with Gasteiger partial charge in [-0.05, 0) is 25.7 Å². The lowest BCUT2D eigenvalue weighted by molar-refractivity contribution is -0.195. The third-order valence-corrected chi connectivity index (χ3v) is 3.73. The molecule has 2 saturated heterocycles. The molecule has 2 aliphatic heterocycles. The maximum absolute atomic E-state index is 12.8. The number of aliphatic hydroxyl groups excluding tert-OH is 1. The van der Waals surface area contributed by atoms with Crippen molar-refractivity contribution in [3.05, 3.63) is 0 Å². The fourth-order valence-corrected chi connectivity index (χ4v) is 3.12. The largest absolute Gasteiger partial charge is 0.405 e. The number of piperidine rings is 1. The van der Waals surface area contributed by atoms with Crippen LogP contribution in [-0.2, 0) is 0 Å². The second-order valence-corrected chi connectivity index (χ2v) is 4.75. The van der Waals surface area contributed by atoms with Crippen molar-refractivity contribution in [3.63, 3.8) is 0 Å². The highest BCUT2D eigenvalue weighted by molar-refractivity contribution is 5.00. The van der Waals surface area contributed by atoms with E-state index in [2.05, 4.69) is 0 Å². The molecule has 3 unspecified atom stereocenters. The van der Waals surface area contributed by atoms with Gasteiger partial charge in [-0.2, -0.15) is 13.2 Å². The van der Waals surface area contributed by atoms with Crippen LogP contribution in [-0.4, -0.2) is 47.0 Å². The number of fused-ring (bicyclic) bond motifs is 2.